The largest absolute Gasteiger partial charge is 0.387 e. The number of hydrogen-bond donors (Lipinski definition) is 1. The first kappa shape index (κ1) is 17.1. The zero-order valence-electron chi connectivity index (χ0n) is 14.7. The molecule has 5 heteroatoms. The number of hydrogen-bond acceptors (Lipinski definition) is 4. The molecule has 3 aromatic rings. The van der Waals surface area contributed by atoms with Gasteiger partial charge < -0.3 is 5.11 Å². The van der Waals surface area contributed by atoms with Crippen molar-refractivity contribution in [2.45, 2.75) is 30.1 Å². The van der Waals surface area contributed by atoms with Gasteiger partial charge in [-0.25, -0.2) is 4.68 Å². The Morgan fingerprint density at radius 2 is 1.77 bits per heavy atom. The zero-order valence-corrected chi connectivity index (χ0v) is 15.5. The van der Waals surface area contributed by atoms with Crippen LogP contribution < -0.4 is 0 Å². The third-order valence-corrected chi connectivity index (χ3v) is 6.23. The molecule has 0 saturated carbocycles. The van der Waals surface area contributed by atoms with E-state index in [-0.39, 0.29) is 11.2 Å². The molecule has 132 valence electrons. The van der Waals surface area contributed by atoms with Crippen LogP contribution in [0.1, 0.15) is 38.7 Å². The number of carbonyl (C=O) groups is 1. The molecular weight excluding hydrogens is 344 g/mol. The summed E-state index contributed by atoms with van der Waals surface area (Å²) in [6, 6.07) is 19.6. The number of rotatable bonds is 2. The molecule has 0 aliphatic carbocycles. The van der Waals surface area contributed by atoms with Crippen LogP contribution in [-0.4, -0.2) is 20.8 Å². The van der Waals surface area contributed by atoms with Crippen LogP contribution in [0.4, 0.5) is 0 Å². The van der Waals surface area contributed by atoms with Crippen molar-refractivity contribution in [2.75, 3.05) is 0 Å². The van der Waals surface area contributed by atoms with Crippen LogP contribution in [-0.2, 0) is 0 Å². The van der Waals surface area contributed by atoms with Crippen molar-refractivity contribution >= 4 is 17.7 Å². The van der Waals surface area contributed by atoms with Gasteiger partial charge in [-0.15, -0.1) is 11.8 Å². The summed E-state index contributed by atoms with van der Waals surface area (Å²) < 4.78 is 1.44. The highest BCUT2D eigenvalue weighted by Crippen LogP contribution is 2.52. The molecule has 0 bridgehead atoms. The number of aliphatic hydroxyl groups excluding tert-OH is 1. The summed E-state index contributed by atoms with van der Waals surface area (Å²) in [6.07, 6.45) is -0.867. The highest BCUT2D eigenvalue weighted by molar-refractivity contribution is 7.99. The van der Waals surface area contributed by atoms with Crippen molar-refractivity contribution < 1.29 is 9.90 Å². The van der Waals surface area contributed by atoms with E-state index in [1.54, 1.807) is 11.8 Å². The lowest BCUT2D eigenvalue weighted by molar-refractivity contribution is 0.0549. The lowest BCUT2D eigenvalue weighted by Gasteiger charge is -2.35. The van der Waals surface area contributed by atoms with Crippen molar-refractivity contribution in [3.8, 4) is 0 Å². The van der Waals surface area contributed by atoms with Crippen molar-refractivity contribution in [2.24, 2.45) is 5.92 Å². The van der Waals surface area contributed by atoms with Crippen LogP contribution in [0.5, 0.6) is 0 Å². The van der Waals surface area contributed by atoms with Crippen molar-refractivity contribution in [1.29, 1.82) is 0 Å². The first-order valence-corrected chi connectivity index (χ1v) is 9.50. The van der Waals surface area contributed by atoms with Crippen LogP contribution >= 0.6 is 11.8 Å². The van der Waals surface area contributed by atoms with Crippen molar-refractivity contribution in [3.05, 3.63) is 83.2 Å². The third kappa shape index (κ3) is 2.87. The van der Waals surface area contributed by atoms with E-state index in [1.807, 2.05) is 74.5 Å². The Balaban J connectivity index is 1.83. The summed E-state index contributed by atoms with van der Waals surface area (Å²) in [5.74, 6) is -0.769. The SMILES string of the molecule is Cc1cc(C)n(C(=O)[C@H]2[C@H](O)c3ccccc3S[C@@H]2c2ccccc2)n1. The molecule has 1 N–H and O–H groups in total. The lowest BCUT2D eigenvalue weighted by atomic mass is 9.87. The zero-order chi connectivity index (χ0) is 18.3. The van der Waals surface area contributed by atoms with Gasteiger partial charge in [-0.1, -0.05) is 48.5 Å². The van der Waals surface area contributed by atoms with Gasteiger partial charge in [0.2, 0.25) is 0 Å². The molecule has 4 rings (SSSR count). The highest BCUT2D eigenvalue weighted by Gasteiger charge is 2.43. The molecule has 1 aliphatic rings. The van der Waals surface area contributed by atoms with E-state index in [1.165, 1.54) is 4.68 Å². The maximum atomic E-state index is 13.4. The summed E-state index contributed by atoms with van der Waals surface area (Å²) in [5, 5.41) is 15.3. The van der Waals surface area contributed by atoms with Gasteiger partial charge in [0.1, 0.15) is 0 Å². The van der Waals surface area contributed by atoms with Crippen LogP contribution in [0.2, 0.25) is 0 Å². The molecule has 0 saturated heterocycles. The van der Waals surface area contributed by atoms with E-state index < -0.39 is 12.0 Å². The number of fused-ring (bicyclic) bond motifs is 1. The predicted octanol–water partition coefficient (Wildman–Crippen LogP) is 4.34. The topological polar surface area (TPSA) is 55.1 Å². The van der Waals surface area contributed by atoms with E-state index >= 15 is 0 Å². The van der Waals surface area contributed by atoms with E-state index in [2.05, 4.69) is 5.10 Å². The minimum atomic E-state index is -0.867. The van der Waals surface area contributed by atoms with Crippen molar-refractivity contribution in [3.63, 3.8) is 0 Å². The fourth-order valence-electron chi connectivity index (χ4n) is 3.58. The second-order valence-corrected chi connectivity index (χ2v) is 7.82. The summed E-state index contributed by atoms with van der Waals surface area (Å²) in [4.78, 5) is 14.4. The predicted molar refractivity (Wildman–Crippen MR) is 102 cm³/mol. The van der Waals surface area contributed by atoms with Gasteiger partial charge in [-0.05, 0) is 37.1 Å². The number of thioether (sulfide) groups is 1. The third-order valence-electron chi connectivity index (χ3n) is 4.79. The van der Waals surface area contributed by atoms with E-state index in [9.17, 15) is 9.90 Å². The molecule has 2 heterocycles. The molecule has 0 radical (unpaired) electrons. The molecule has 4 nitrogen and oxygen atoms in total. The molecule has 1 aromatic heterocycles. The maximum absolute atomic E-state index is 13.4. The van der Waals surface area contributed by atoms with Crippen molar-refractivity contribution in [1.82, 2.24) is 9.78 Å². The minimum absolute atomic E-state index is 0.168. The smallest absolute Gasteiger partial charge is 0.254 e. The Morgan fingerprint density at radius 3 is 2.46 bits per heavy atom. The number of benzene rings is 2. The molecule has 0 unspecified atom stereocenters. The van der Waals surface area contributed by atoms with Gasteiger partial charge in [0.05, 0.1) is 17.7 Å². The van der Waals surface area contributed by atoms with Crippen LogP contribution in [0.25, 0.3) is 0 Å². The van der Waals surface area contributed by atoms with Gasteiger partial charge in [0.15, 0.2) is 0 Å². The van der Waals surface area contributed by atoms with Gasteiger partial charge in [-0.3, -0.25) is 4.79 Å². The molecule has 0 fully saturated rings. The second-order valence-electron chi connectivity index (χ2n) is 6.63. The van der Waals surface area contributed by atoms with Gasteiger partial charge >= 0.3 is 0 Å². The van der Waals surface area contributed by atoms with Crippen LogP contribution in [0.15, 0.2) is 65.6 Å². The molecule has 2 aromatic carbocycles. The molecule has 3 atom stereocenters. The highest BCUT2D eigenvalue weighted by atomic mass is 32.2. The average molecular weight is 364 g/mol. The molecular formula is C21H20N2O2S. The Morgan fingerprint density at radius 1 is 1.08 bits per heavy atom. The summed E-state index contributed by atoms with van der Waals surface area (Å²) in [6.45, 7) is 3.73. The fourth-order valence-corrected chi connectivity index (χ4v) is 5.04. The van der Waals surface area contributed by atoms with E-state index in [0.717, 1.165) is 27.4 Å². The summed E-state index contributed by atoms with van der Waals surface area (Å²) in [7, 11) is 0. The number of nitrogens with zero attached hydrogens (tertiary/aromatic N) is 2. The number of carbonyl (C=O) groups excluding carboxylic acids is 1. The quantitative estimate of drug-likeness (QED) is 0.735. The minimum Gasteiger partial charge on any atom is -0.387 e. The Hall–Kier alpha value is -2.37. The standard InChI is InChI=1S/C21H20N2O2S/c1-13-12-14(2)23(22-13)21(25)18-19(24)16-10-6-7-11-17(16)26-20(18)15-8-4-3-5-9-15/h3-12,18-20,24H,1-2H3/t18-,19+,20+/m0/s1. The molecule has 26 heavy (non-hydrogen) atoms. The number of aromatic nitrogens is 2. The summed E-state index contributed by atoms with van der Waals surface area (Å²) in [5.41, 5.74) is 3.43. The Labute approximate surface area is 156 Å². The van der Waals surface area contributed by atoms with Crippen LogP contribution in [0.3, 0.4) is 0 Å². The number of aliphatic hydroxyl groups is 1. The molecule has 1 aliphatic heterocycles. The van der Waals surface area contributed by atoms with E-state index in [0.29, 0.717) is 0 Å². The average Bonchev–Trinajstić information content (AvgIpc) is 3.00. The first-order chi connectivity index (χ1) is 12.6. The molecule has 0 amide bonds. The van der Waals surface area contributed by atoms with Crippen LogP contribution in [0, 0.1) is 19.8 Å². The monoisotopic (exact) mass is 364 g/mol. The Bertz CT molecular complexity index is 952. The Kier molecular flexibility index (Phi) is 4.42. The maximum Gasteiger partial charge on any atom is 0.254 e. The number of aryl methyl sites for hydroxylation is 2. The van der Waals surface area contributed by atoms with Gasteiger partial charge in [0.25, 0.3) is 5.91 Å². The lowest BCUT2D eigenvalue weighted by Crippen LogP contribution is -2.35. The van der Waals surface area contributed by atoms with E-state index in [4.69, 9.17) is 0 Å². The van der Waals surface area contributed by atoms with Gasteiger partial charge in [-0.2, -0.15) is 5.10 Å². The second kappa shape index (κ2) is 6.74. The van der Waals surface area contributed by atoms with Gasteiger partial charge in [0, 0.05) is 15.8 Å². The first-order valence-electron chi connectivity index (χ1n) is 8.62. The normalized spacial score (nSPS) is 22.0. The molecule has 0 spiro atoms. The summed E-state index contributed by atoms with van der Waals surface area (Å²) >= 11 is 1.64. The fraction of sp³-hybridized carbons (Fsp3) is 0.238.